The lowest BCUT2D eigenvalue weighted by Crippen LogP contribution is -2.33. The molecule has 108 valence electrons. The van der Waals surface area contributed by atoms with Crippen LogP contribution in [0.4, 0.5) is 0 Å². The average Bonchev–Trinajstić information content (AvgIpc) is 2.85. The molecule has 20 heavy (non-hydrogen) atoms. The first-order chi connectivity index (χ1) is 9.56. The average molecular weight is 289 g/mol. The van der Waals surface area contributed by atoms with Crippen molar-refractivity contribution in [3.05, 3.63) is 52.0 Å². The zero-order valence-electron chi connectivity index (χ0n) is 12.6. The molecule has 0 saturated carbocycles. The topological polar surface area (TPSA) is 28.2 Å². The molecule has 0 aliphatic rings. The molecule has 1 N–H and O–H groups in total. The second kappa shape index (κ2) is 6.97. The monoisotopic (exact) mass is 289 g/mol. The Balaban J connectivity index is 2.11. The Labute approximate surface area is 125 Å². The van der Waals surface area contributed by atoms with Crippen LogP contribution in [0, 0.1) is 6.92 Å². The van der Waals surface area contributed by atoms with E-state index in [4.69, 9.17) is 0 Å². The van der Waals surface area contributed by atoms with Crippen LogP contribution in [0.2, 0.25) is 0 Å². The Morgan fingerprint density at radius 2 is 1.95 bits per heavy atom. The number of likely N-dealkylation sites (N-methyl/N-ethyl adjacent to an activating group) is 1. The van der Waals surface area contributed by atoms with Crippen molar-refractivity contribution in [1.29, 1.82) is 0 Å². The molecule has 3 nitrogen and oxygen atoms in total. The molecular formula is C16H23N3S. The van der Waals surface area contributed by atoms with E-state index in [0.717, 1.165) is 17.2 Å². The summed E-state index contributed by atoms with van der Waals surface area (Å²) in [4.78, 5) is 6.79. The van der Waals surface area contributed by atoms with E-state index in [2.05, 4.69) is 78.9 Å². The lowest BCUT2D eigenvalue weighted by Gasteiger charge is -2.26. The molecule has 0 aliphatic heterocycles. The first kappa shape index (κ1) is 15.2. The molecule has 4 heteroatoms. The Hall–Kier alpha value is -1.23. The summed E-state index contributed by atoms with van der Waals surface area (Å²) in [5.41, 5.74) is 2.45. The van der Waals surface area contributed by atoms with Gasteiger partial charge in [0.05, 0.1) is 10.7 Å². The largest absolute Gasteiger partial charge is 0.308 e. The number of nitrogens with one attached hydrogen (secondary N) is 1. The van der Waals surface area contributed by atoms with Gasteiger partial charge in [-0.25, -0.2) is 4.98 Å². The SMILES string of the molecule is Cc1nc(C(C)NC(CN(C)C)c2ccccc2)cs1. The molecule has 2 aromatic rings. The van der Waals surface area contributed by atoms with E-state index in [9.17, 15) is 0 Å². The van der Waals surface area contributed by atoms with Gasteiger partial charge in [0, 0.05) is 24.0 Å². The lowest BCUT2D eigenvalue weighted by molar-refractivity contribution is 0.324. The van der Waals surface area contributed by atoms with Gasteiger partial charge >= 0.3 is 0 Å². The van der Waals surface area contributed by atoms with E-state index in [1.54, 1.807) is 11.3 Å². The predicted molar refractivity (Wildman–Crippen MR) is 86.1 cm³/mol. The Morgan fingerprint density at radius 1 is 1.25 bits per heavy atom. The van der Waals surface area contributed by atoms with Crippen LogP contribution >= 0.6 is 11.3 Å². The highest BCUT2D eigenvalue weighted by Gasteiger charge is 2.17. The summed E-state index contributed by atoms with van der Waals surface area (Å²) in [5, 5.41) is 6.96. The second-order valence-electron chi connectivity index (χ2n) is 5.41. The number of benzene rings is 1. The molecule has 2 rings (SSSR count). The van der Waals surface area contributed by atoms with Crippen molar-refractivity contribution < 1.29 is 0 Å². The molecule has 0 fully saturated rings. The highest BCUT2D eigenvalue weighted by molar-refractivity contribution is 7.09. The van der Waals surface area contributed by atoms with Gasteiger partial charge in [-0.2, -0.15) is 0 Å². The smallest absolute Gasteiger partial charge is 0.0898 e. The summed E-state index contributed by atoms with van der Waals surface area (Å²) in [7, 11) is 4.21. The van der Waals surface area contributed by atoms with Gasteiger partial charge in [0.25, 0.3) is 0 Å². The van der Waals surface area contributed by atoms with Crippen LogP contribution in [0.3, 0.4) is 0 Å². The van der Waals surface area contributed by atoms with E-state index in [-0.39, 0.29) is 6.04 Å². The van der Waals surface area contributed by atoms with Gasteiger partial charge in [0.2, 0.25) is 0 Å². The summed E-state index contributed by atoms with van der Waals surface area (Å²) in [6, 6.07) is 11.2. The van der Waals surface area contributed by atoms with Gasteiger partial charge in [-0.15, -0.1) is 11.3 Å². The molecular weight excluding hydrogens is 266 g/mol. The number of hydrogen-bond donors (Lipinski definition) is 1. The summed E-state index contributed by atoms with van der Waals surface area (Å²) >= 11 is 1.71. The van der Waals surface area contributed by atoms with Crippen molar-refractivity contribution in [1.82, 2.24) is 15.2 Å². The van der Waals surface area contributed by atoms with Crippen LogP contribution in [-0.2, 0) is 0 Å². The fraction of sp³-hybridized carbons (Fsp3) is 0.438. The van der Waals surface area contributed by atoms with Gasteiger partial charge in [-0.05, 0) is 33.5 Å². The van der Waals surface area contributed by atoms with E-state index >= 15 is 0 Å². The molecule has 1 aromatic heterocycles. The maximum absolute atomic E-state index is 4.58. The van der Waals surface area contributed by atoms with Gasteiger partial charge in [-0.3, -0.25) is 0 Å². The van der Waals surface area contributed by atoms with Crippen LogP contribution < -0.4 is 5.32 Å². The fourth-order valence-electron chi connectivity index (χ4n) is 2.27. The second-order valence-corrected chi connectivity index (χ2v) is 6.47. The normalized spacial score (nSPS) is 14.4. The number of nitrogens with zero attached hydrogens (tertiary/aromatic N) is 2. The van der Waals surface area contributed by atoms with Gasteiger partial charge < -0.3 is 10.2 Å². The highest BCUT2D eigenvalue weighted by atomic mass is 32.1. The summed E-state index contributed by atoms with van der Waals surface area (Å²) in [6.07, 6.45) is 0. The molecule has 0 radical (unpaired) electrons. The van der Waals surface area contributed by atoms with Crippen LogP contribution in [0.1, 0.15) is 35.3 Å². The minimum Gasteiger partial charge on any atom is -0.308 e. The van der Waals surface area contributed by atoms with E-state index in [1.807, 2.05) is 0 Å². The van der Waals surface area contributed by atoms with Crippen molar-refractivity contribution in [2.45, 2.75) is 25.9 Å². The first-order valence-electron chi connectivity index (χ1n) is 6.94. The third kappa shape index (κ3) is 4.13. The number of rotatable bonds is 6. The van der Waals surface area contributed by atoms with Crippen molar-refractivity contribution in [3.8, 4) is 0 Å². The molecule has 0 amide bonds. The first-order valence-corrected chi connectivity index (χ1v) is 7.82. The van der Waals surface area contributed by atoms with Crippen LogP contribution in [0.5, 0.6) is 0 Å². The van der Waals surface area contributed by atoms with Crippen molar-refractivity contribution in [2.75, 3.05) is 20.6 Å². The van der Waals surface area contributed by atoms with E-state index < -0.39 is 0 Å². The Kier molecular flexibility index (Phi) is 5.29. The van der Waals surface area contributed by atoms with Gasteiger partial charge in [0.1, 0.15) is 0 Å². The van der Waals surface area contributed by atoms with Crippen LogP contribution in [0.25, 0.3) is 0 Å². The maximum Gasteiger partial charge on any atom is 0.0898 e. The molecule has 2 unspecified atom stereocenters. The third-order valence-corrected chi connectivity index (χ3v) is 4.07. The predicted octanol–water partition coefficient (Wildman–Crippen LogP) is 3.41. The lowest BCUT2D eigenvalue weighted by atomic mass is 10.1. The van der Waals surface area contributed by atoms with Crippen molar-refractivity contribution >= 4 is 11.3 Å². The standard InChI is InChI=1S/C16H23N3S/c1-12(16-11-20-13(2)18-16)17-15(10-19(3)4)14-8-6-5-7-9-14/h5-9,11-12,15,17H,10H2,1-4H3. The molecule has 0 aliphatic carbocycles. The zero-order valence-corrected chi connectivity index (χ0v) is 13.4. The van der Waals surface area contributed by atoms with Crippen LogP contribution in [0.15, 0.2) is 35.7 Å². The number of thiazole rings is 1. The summed E-state index contributed by atoms with van der Waals surface area (Å²) in [5.74, 6) is 0. The van der Waals surface area contributed by atoms with Gasteiger partial charge in [0.15, 0.2) is 0 Å². The summed E-state index contributed by atoms with van der Waals surface area (Å²) in [6.45, 7) is 5.20. The summed E-state index contributed by atoms with van der Waals surface area (Å²) < 4.78 is 0. The fourth-order valence-corrected chi connectivity index (χ4v) is 2.98. The van der Waals surface area contributed by atoms with Crippen molar-refractivity contribution in [3.63, 3.8) is 0 Å². The Bertz CT molecular complexity index is 522. The minimum atomic E-state index is 0.255. The number of aryl methyl sites for hydroxylation is 1. The Morgan fingerprint density at radius 3 is 2.50 bits per heavy atom. The van der Waals surface area contributed by atoms with Crippen molar-refractivity contribution in [2.24, 2.45) is 0 Å². The third-order valence-electron chi connectivity index (χ3n) is 3.28. The zero-order chi connectivity index (χ0) is 14.5. The maximum atomic E-state index is 4.58. The van der Waals surface area contributed by atoms with E-state index in [1.165, 1.54) is 5.56 Å². The molecule has 1 heterocycles. The number of aromatic nitrogens is 1. The number of hydrogen-bond acceptors (Lipinski definition) is 4. The van der Waals surface area contributed by atoms with Crippen LogP contribution in [-0.4, -0.2) is 30.5 Å². The van der Waals surface area contributed by atoms with Gasteiger partial charge in [-0.1, -0.05) is 30.3 Å². The molecule has 0 saturated heterocycles. The molecule has 2 atom stereocenters. The molecule has 1 aromatic carbocycles. The quantitative estimate of drug-likeness (QED) is 0.883. The van der Waals surface area contributed by atoms with E-state index in [0.29, 0.717) is 6.04 Å². The molecule has 0 spiro atoms. The minimum absolute atomic E-state index is 0.255. The molecule has 0 bridgehead atoms. The highest BCUT2D eigenvalue weighted by Crippen LogP contribution is 2.21.